The molecule has 0 aliphatic carbocycles. The number of rotatable bonds is 7. The molecular formula is C17H18ClN7O2S. The third kappa shape index (κ3) is 5.05. The summed E-state index contributed by atoms with van der Waals surface area (Å²) >= 11 is 7.11. The van der Waals surface area contributed by atoms with Crippen LogP contribution in [-0.2, 0) is 4.79 Å². The SMILES string of the molecule is Cc1ccc(/C=N/Nc2nnc(SCC(=O)Nc3cc(Cl)ccc3C)n2N)o1. The molecular weight excluding hydrogens is 402 g/mol. The van der Waals surface area contributed by atoms with Crippen LogP contribution in [-0.4, -0.2) is 32.7 Å². The van der Waals surface area contributed by atoms with Gasteiger partial charge in [0.2, 0.25) is 11.1 Å². The zero-order valence-corrected chi connectivity index (χ0v) is 16.7. The lowest BCUT2D eigenvalue weighted by Gasteiger charge is -2.08. The minimum absolute atomic E-state index is 0.107. The van der Waals surface area contributed by atoms with E-state index < -0.39 is 0 Å². The maximum absolute atomic E-state index is 12.2. The monoisotopic (exact) mass is 419 g/mol. The van der Waals surface area contributed by atoms with Crippen molar-refractivity contribution in [1.82, 2.24) is 14.9 Å². The standard InChI is InChI=1S/C17H18ClN7O2S/c1-10-3-5-12(18)7-14(10)21-15(26)9-28-17-24-23-16(25(17)19)22-20-8-13-6-4-11(2)27-13/h3-8H,9,19H2,1-2H3,(H,21,26)(H,22,23)/b20-8+. The van der Waals surface area contributed by atoms with Gasteiger partial charge < -0.3 is 15.6 Å². The van der Waals surface area contributed by atoms with Gasteiger partial charge in [-0.15, -0.1) is 10.2 Å². The normalized spacial score (nSPS) is 11.1. The Hall–Kier alpha value is -2.98. The van der Waals surface area contributed by atoms with Crippen LogP contribution in [0.5, 0.6) is 0 Å². The Labute approximate surface area is 170 Å². The topological polar surface area (TPSA) is 123 Å². The molecule has 0 saturated heterocycles. The van der Waals surface area contributed by atoms with Crippen LogP contribution in [0.15, 0.2) is 45.0 Å². The number of thioether (sulfide) groups is 1. The van der Waals surface area contributed by atoms with Crippen molar-refractivity contribution in [3.63, 3.8) is 0 Å². The van der Waals surface area contributed by atoms with Gasteiger partial charge in [0.25, 0.3) is 5.95 Å². The van der Waals surface area contributed by atoms with Crippen molar-refractivity contribution in [2.24, 2.45) is 5.10 Å². The van der Waals surface area contributed by atoms with Crippen LogP contribution < -0.4 is 16.6 Å². The Kier molecular flexibility index (Phi) is 6.22. The second-order valence-electron chi connectivity index (χ2n) is 5.79. The number of carbonyl (C=O) groups excluding carboxylic acids is 1. The Morgan fingerprint density at radius 1 is 1.36 bits per heavy atom. The van der Waals surface area contributed by atoms with Gasteiger partial charge in [-0.1, -0.05) is 29.4 Å². The number of aryl methyl sites for hydroxylation is 2. The van der Waals surface area contributed by atoms with Gasteiger partial charge in [0.15, 0.2) is 0 Å². The van der Waals surface area contributed by atoms with E-state index in [4.69, 9.17) is 21.9 Å². The summed E-state index contributed by atoms with van der Waals surface area (Å²) in [6, 6.07) is 8.92. The number of furan rings is 1. The summed E-state index contributed by atoms with van der Waals surface area (Å²) in [5.41, 5.74) is 4.26. The van der Waals surface area contributed by atoms with E-state index >= 15 is 0 Å². The molecule has 146 valence electrons. The Morgan fingerprint density at radius 2 is 2.18 bits per heavy atom. The molecule has 3 rings (SSSR count). The van der Waals surface area contributed by atoms with E-state index in [2.05, 4.69) is 26.0 Å². The fourth-order valence-corrected chi connectivity index (χ4v) is 3.00. The summed E-state index contributed by atoms with van der Waals surface area (Å²) in [4.78, 5) is 12.2. The number of halogens is 1. The predicted octanol–water partition coefficient (Wildman–Crippen LogP) is 3.03. The number of hydrazone groups is 1. The van der Waals surface area contributed by atoms with Crippen LogP contribution >= 0.6 is 23.4 Å². The summed E-state index contributed by atoms with van der Waals surface area (Å²) in [7, 11) is 0. The molecule has 0 aliphatic rings. The van der Waals surface area contributed by atoms with Gasteiger partial charge in [0, 0.05) is 10.7 Å². The van der Waals surface area contributed by atoms with Gasteiger partial charge in [0.05, 0.1) is 12.0 Å². The lowest BCUT2D eigenvalue weighted by atomic mass is 10.2. The first-order chi connectivity index (χ1) is 13.4. The van der Waals surface area contributed by atoms with Crippen molar-refractivity contribution in [2.75, 3.05) is 22.3 Å². The number of hydrogen-bond acceptors (Lipinski definition) is 8. The van der Waals surface area contributed by atoms with Crippen molar-refractivity contribution >= 4 is 47.1 Å². The molecule has 4 N–H and O–H groups in total. The maximum Gasteiger partial charge on any atom is 0.264 e. The molecule has 0 spiro atoms. The largest absolute Gasteiger partial charge is 0.460 e. The van der Waals surface area contributed by atoms with E-state index in [9.17, 15) is 4.79 Å². The Balaban J connectivity index is 1.54. The van der Waals surface area contributed by atoms with Gasteiger partial charge in [-0.3, -0.25) is 4.79 Å². The highest BCUT2D eigenvalue weighted by atomic mass is 35.5. The Bertz CT molecular complexity index is 1010. The van der Waals surface area contributed by atoms with Crippen LogP contribution in [0, 0.1) is 13.8 Å². The first kappa shape index (κ1) is 19.8. The van der Waals surface area contributed by atoms with Crippen LogP contribution in [0.2, 0.25) is 5.02 Å². The van der Waals surface area contributed by atoms with Crippen molar-refractivity contribution in [1.29, 1.82) is 0 Å². The highest BCUT2D eigenvalue weighted by Gasteiger charge is 2.13. The van der Waals surface area contributed by atoms with Crippen molar-refractivity contribution in [3.05, 3.63) is 52.4 Å². The van der Waals surface area contributed by atoms with E-state index in [1.165, 1.54) is 10.9 Å². The molecule has 3 aromatic rings. The van der Waals surface area contributed by atoms with Gasteiger partial charge >= 0.3 is 0 Å². The fraction of sp³-hybridized carbons (Fsp3) is 0.176. The van der Waals surface area contributed by atoms with Gasteiger partial charge in [-0.2, -0.15) is 5.10 Å². The predicted molar refractivity (Wildman–Crippen MR) is 110 cm³/mol. The summed E-state index contributed by atoms with van der Waals surface area (Å²) in [5.74, 6) is 7.44. The average molecular weight is 420 g/mol. The molecule has 0 aliphatic heterocycles. The van der Waals surface area contributed by atoms with Crippen LogP contribution in [0.4, 0.5) is 11.6 Å². The maximum atomic E-state index is 12.2. The Morgan fingerprint density at radius 3 is 2.93 bits per heavy atom. The van der Waals surface area contributed by atoms with E-state index in [0.29, 0.717) is 21.6 Å². The third-order valence-electron chi connectivity index (χ3n) is 3.59. The summed E-state index contributed by atoms with van der Waals surface area (Å²) < 4.78 is 6.58. The molecule has 0 atom stereocenters. The van der Waals surface area contributed by atoms with Crippen molar-refractivity contribution in [2.45, 2.75) is 19.0 Å². The molecule has 0 fully saturated rings. The van der Waals surface area contributed by atoms with E-state index in [1.807, 2.05) is 26.0 Å². The number of aromatic nitrogens is 3. The molecule has 1 aromatic carbocycles. The molecule has 0 saturated carbocycles. The summed E-state index contributed by atoms with van der Waals surface area (Å²) in [5, 5.41) is 15.6. The first-order valence-corrected chi connectivity index (χ1v) is 9.53. The second-order valence-corrected chi connectivity index (χ2v) is 7.17. The molecule has 1 amide bonds. The number of nitrogens with one attached hydrogen (secondary N) is 2. The van der Waals surface area contributed by atoms with Crippen LogP contribution in [0.3, 0.4) is 0 Å². The smallest absolute Gasteiger partial charge is 0.264 e. The summed E-state index contributed by atoms with van der Waals surface area (Å²) in [6.45, 7) is 3.73. The third-order valence-corrected chi connectivity index (χ3v) is 4.77. The zero-order chi connectivity index (χ0) is 20.1. The molecule has 9 nitrogen and oxygen atoms in total. The summed E-state index contributed by atoms with van der Waals surface area (Å²) in [6.07, 6.45) is 1.50. The van der Waals surface area contributed by atoms with E-state index in [0.717, 1.165) is 23.1 Å². The van der Waals surface area contributed by atoms with Gasteiger partial charge in [-0.05, 0) is 43.7 Å². The lowest BCUT2D eigenvalue weighted by Crippen LogP contribution is -2.17. The van der Waals surface area contributed by atoms with Crippen molar-refractivity contribution in [3.8, 4) is 0 Å². The molecule has 28 heavy (non-hydrogen) atoms. The molecule has 0 radical (unpaired) electrons. The quantitative estimate of drug-likeness (QED) is 0.233. The van der Waals surface area contributed by atoms with Crippen LogP contribution in [0.25, 0.3) is 0 Å². The van der Waals surface area contributed by atoms with E-state index in [-0.39, 0.29) is 17.6 Å². The molecule has 11 heteroatoms. The highest BCUT2D eigenvalue weighted by molar-refractivity contribution is 7.99. The number of nitrogens with zero attached hydrogens (tertiary/aromatic N) is 4. The fourth-order valence-electron chi connectivity index (χ4n) is 2.17. The number of nitrogens with two attached hydrogens (primary N) is 1. The number of nitrogen functional groups attached to an aromatic ring is 1. The zero-order valence-electron chi connectivity index (χ0n) is 15.1. The number of anilines is 2. The lowest BCUT2D eigenvalue weighted by molar-refractivity contribution is -0.113. The molecule has 0 bridgehead atoms. The number of benzene rings is 1. The minimum atomic E-state index is -0.209. The highest BCUT2D eigenvalue weighted by Crippen LogP contribution is 2.21. The minimum Gasteiger partial charge on any atom is -0.460 e. The van der Waals surface area contributed by atoms with Crippen LogP contribution in [0.1, 0.15) is 17.1 Å². The molecule has 2 aromatic heterocycles. The average Bonchev–Trinajstić information content (AvgIpc) is 3.22. The van der Waals surface area contributed by atoms with Gasteiger partial charge in [0.1, 0.15) is 11.5 Å². The van der Waals surface area contributed by atoms with E-state index in [1.54, 1.807) is 18.2 Å². The van der Waals surface area contributed by atoms with Gasteiger partial charge in [-0.25, -0.2) is 10.1 Å². The number of hydrogen-bond donors (Lipinski definition) is 3. The molecule has 2 heterocycles. The first-order valence-electron chi connectivity index (χ1n) is 8.17. The number of amides is 1. The van der Waals surface area contributed by atoms with Crippen molar-refractivity contribution < 1.29 is 9.21 Å². The second kappa shape index (κ2) is 8.81. The molecule has 0 unspecified atom stereocenters. The number of carbonyl (C=O) groups is 1.